The average molecular weight is 461 g/mol. The maximum absolute atomic E-state index is 13.1. The Morgan fingerprint density at radius 3 is 2.11 bits per heavy atom. The number of anilines is 1. The number of nitrogens with zero attached hydrogens (tertiary/aromatic N) is 1. The van der Waals surface area contributed by atoms with Gasteiger partial charge >= 0.3 is 0 Å². The van der Waals surface area contributed by atoms with E-state index >= 15 is 0 Å². The third-order valence-corrected chi connectivity index (χ3v) is 6.80. The minimum Gasteiger partial charge on any atom is -0.288 e. The van der Waals surface area contributed by atoms with Gasteiger partial charge in [-0.3, -0.25) is 14.4 Å². The molecular formula is C20H11BrClNO3S. The van der Waals surface area contributed by atoms with Gasteiger partial charge in [0.1, 0.15) is 5.00 Å². The Morgan fingerprint density at radius 1 is 1.00 bits per heavy atom. The summed E-state index contributed by atoms with van der Waals surface area (Å²) in [6.07, 6.45) is 0. The molecule has 0 aliphatic carbocycles. The van der Waals surface area contributed by atoms with Crippen molar-refractivity contribution in [3.8, 4) is 0 Å². The number of fused-ring (bicyclic) bond motifs is 1. The maximum atomic E-state index is 13.1. The van der Waals surface area contributed by atoms with Crippen molar-refractivity contribution >= 4 is 61.5 Å². The fourth-order valence-electron chi connectivity index (χ4n) is 3.02. The van der Waals surface area contributed by atoms with Gasteiger partial charge in [-0.25, -0.2) is 4.90 Å². The van der Waals surface area contributed by atoms with Gasteiger partial charge < -0.3 is 0 Å². The zero-order valence-corrected chi connectivity index (χ0v) is 17.1. The van der Waals surface area contributed by atoms with Crippen molar-refractivity contribution in [3.05, 3.63) is 85.2 Å². The summed E-state index contributed by atoms with van der Waals surface area (Å²) in [5.74, 6) is -1.11. The molecule has 1 aliphatic rings. The van der Waals surface area contributed by atoms with Gasteiger partial charge in [0.2, 0.25) is 0 Å². The number of hydrogen-bond donors (Lipinski definition) is 0. The number of imide groups is 1. The number of benzene rings is 2. The van der Waals surface area contributed by atoms with E-state index in [0.717, 1.165) is 4.90 Å². The summed E-state index contributed by atoms with van der Waals surface area (Å²) in [7, 11) is 0. The number of ketones is 1. The van der Waals surface area contributed by atoms with Crippen LogP contribution in [0.4, 0.5) is 5.00 Å². The highest BCUT2D eigenvalue weighted by atomic mass is 79.9. The summed E-state index contributed by atoms with van der Waals surface area (Å²) in [6, 6.07) is 13.2. The number of carbonyl (C=O) groups excluding carboxylic acids is 3. The molecule has 4 nitrogen and oxygen atoms in total. The highest BCUT2D eigenvalue weighted by Crippen LogP contribution is 2.43. The molecule has 134 valence electrons. The Hall–Kier alpha value is -2.28. The first-order chi connectivity index (χ1) is 12.9. The molecule has 1 aromatic heterocycles. The first kappa shape index (κ1) is 18.1. The Bertz CT molecular complexity index is 1090. The quantitative estimate of drug-likeness (QED) is 0.383. The molecule has 7 heteroatoms. The first-order valence-corrected chi connectivity index (χ1v) is 9.96. The second kappa shape index (κ2) is 6.71. The van der Waals surface area contributed by atoms with E-state index in [2.05, 4.69) is 15.9 Å². The molecule has 0 saturated carbocycles. The molecule has 0 bridgehead atoms. The summed E-state index contributed by atoms with van der Waals surface area (Å²) >= 11 is 10.5. The lowest BCUT2D eigenvalue weighted by Crippen LogP contribution is -2.30. The van der Waals surface area contributed by atoms with Gasteiger partial charge in [0, 0.05) is 10.6 Å². The van der Waals surface area contributed by atoms with Crippen LogP contribution in [0.5, 0.6) is 0 Å². The van der Waals surface area contributed by atoms with E-state index in [1.807, 2.05) is 0 Å². The van der Waals surface area contributed by atoms with Crippen LogP contribution in [0.15, 0.2) is 52.3 Å². The minimum absolute atomic E-state index is 0.266. The molecule has 2 aromatic carbocycles. The zero-order chi connectivity index (χ0) is 19.3. The van der Waals surface area contributed by atoms with Crippen molar-refractivity contribution in [3.63, 3.8) is 0 Å². The second-order valence-corrected chi connectivity index (χ2v) is 8.76. The molecule has 1 aliphatic heterocycles. The average Bonchev–Trinajstić information content (AvgIpc) is 3.09. The van der Waals surface area contributed by atoms with E-state index in [9.17, 15) is 14.4 Å². The molecule has 0 unspecified atom stereocenters. The molecule has 2 amide bonds. The molecule has 0 fully saturated rings. The number of amides is 2. The lowest BCUT2D eigenvalue weighted by molar-refractivity contribution is 0.0927. The Morgan fingerprint density at radius 2 is 1.56 bits per heavy atom. The molecule has 0 spiro atoms. The Labute approximate surface area is 172 Å². The molecule has 0 atom stereocenters. The summed E-state index contributed by atoms with van der Waals surface area (Å²) in [4.78, 5) is 39.9. The Balaban J connectivity index is 1.85. The molecular weight excluding hydrogens is 450 g/mol. The summed E-state index contributed by atoms with van der Waals surface area (Å²) in [5.41, 5.74) is 2.14. The topological polar surface area (TPSA) is 54.5 Å². The zero-order valence-electron chi connectivity index (χ0n) is 14.0. The van der Waals surface area contributed by atoms with Gasteiger partial charge in [-0.05, 0) is 64.8 Å². The predicted molar refractivity (Wildman–Crippen MR) is 109 cm³/mol. The Kier molecular flexibility index (Phi) is 4.50. The number of rotatable bonds is 3. The van der Waals surface area contributed by atoms with E-state index in [1.165, 1.54) is 11.3 Å². The minimum atomic E-state index is -0.422. The van der Waals surface area contributed by atoms with Gasteiger partial charge in [0.05, 0.1) is 20.5 Å². The highest BCUT2D eigenvalue weighted by molar-refractivity contribution is 9.11. The van der Waals surface area contributed by atoms with Crippen LogP contribution in [0.3, 0.4) is 0 Å². The van der Waals surface area contributed by atoms with Crippen LogP contribution < -0.4 is 4.90 Å². The van der Waals surface area contributed by atoms with Crippen molar-refractivity contribution in [2.75, 3.05) is 4.90 Å². The van der Waals surface area contributed by atoms with E-state index in [4.69, 9.17) is 11.6 Å². The molecule has 0 radical (unpaired) electrons. The third kappa shape index (κ3) is 2.84. The van der Waals surface area contributed by atoms with Crippen LogP contribution in [-0.2, 0) is 0 Å². The molecule has 2 heterocycles. The van der Waals surface area contributed by atoms with E-state index in [0.29, 0.717) is 41.6 Å². The molecule has 27 heavy (non-hydrogen) atoms. The summed E-state index contributed by atoms with van der Waals surface area (Å²) in [6.45, 7) is 1.78. The molecule has 4 rings (SSSR count). The molecule has 0 N–H and O–H groups in total. The van der Waals surface area contributed by atoms with Crippen molar-refractivity contribution in [1.29, 1.82) is 0 Å². The third-order valence-electron chi connectivity index (χ3n) is 4.40. The maximum Gasteiger partial charge on any atom is 0.266 e. The van der Waals surface area contributed by atoms with Crippen LogP contribution in [0.1, 0.15) is 42.2 Å². The predicted octanol–water partition coefficient (Wildman–Crippen LogP) is 5.50. The van der Waals surface area contributed by atoms with Crippen LogP contribution in [0.25, 0.3) is 0 Å². The van der Waals surface area contributed by atoms with Crippen LogP contribution in [-0.4, -0.2) is 17.6 Å². The first-order valence-electron chi connectivity index (χ1n) is 7.97. The van der Waals surface area contributed by atoms with Gasteiger partial charge in [-0.2, -0.15) is 0 Å². The summed E-state index contributed by atoms with van der Waals surface area (Å²) < 4.78 is 0.700. The van der Waals surface area contributed by atoms with Crippen LogP contribution in [0, 0.1) is 6.92 Å². The number of carbonyl (C=O) groups is 3. The largest absolute Gasteiger partial charge is 0.288 e. The van der Waals surface area contributed by atoms with Crippen LogP contribution in [0.2, 0.25) is 5.02 Å². The van der Waals surface area contributed by atoms with E-state index < -0.39 is 11.8 Å². The highest BCUT2D eigenvalue weighted by Gasteiger charge is 2.40. The monoisotopic (exact) mass is 459 g/mol. The van der Waals surface area contributed by atoms with Crippen LogP contribution >= 0.6 is 38.9 Å². The summed E-state index contributed by atoms with van der Waals surface area (Å²) in [5, 5.41) is 0.848. The smallest absolute Gasteiger partial charge is 0.266 e. The SMILES string of the molecule is Cc1c(Br)sc(N2C(=O)c3ccccc3C2=O)c1C(=O)c1ccc(Cl)cc1. The van der Waals surface area contributed by atoms with Gasteiger partial charge in [-0.1, -0.05) is 23.7 Å². The molecule has 0 saturated heterocycles. The van der Waals surface area contributed by atoms with Crippen molar-refractivity contribution in [2.24, 2.45) is 0 Å². The fraction of sp³-hybridized carbons (Fsp3) is 0.0500. The van der Waals surface area contributed by atoms with Gasteiger partial charge in [-0.15, -0.1) is 11.3 Å². The normalized spacial score (nSPS) is 13.2. The molecule has 3 aromatic rings. The van der Waals surface area contributed by atoms with Crippen molar-refractivity contribution in [1.82, 2.24) is 0 Å². The van der Waals surface area contributed by atoms with Gasteiger partial charge in [0.15, 0.2) is 5.78 Å². The van der Waals surface area contributed by atoms with E-state index in [1.54, 1.807) is 55.5 Å². The number of thiophene rings is 1. The van der Waals surface area contributed by atoms with Crippen molar-refractivity contribution in [2.45, 2.75) is 6.92 Å². The lowest BCUT2D eigenvalue weighted by Gasteiger charge is -2.14. The number of halogens is 2. The van der Waals surface area contributed by atoms with Gasteiger partial charge in [0.25, 0.3) is 11.8 Å². The fourth-order valence-corrected chi connectivity index (χ4v) is 4.83. The number of hydrogen-bond acceptors (Lipinski definition) is 4. The van der Waals surface area contributed by atoms with E-state index in [-0.39, 0.29) is 5.78 Å². The van der Waals surface area contributed by atoms with Crippen molar-refractivity contribution < 1.29 is 14.4 Å². The second-order valence-electron chi connectivity index (χ2n) is 6.01. The lowest BCUT2D eigenvalue weighted by atomic mass is 10.0. The standard InChI is InChI=1S/C20H11BrClNO3S/c1-10-15(16(24)11-6-8-12(22)9-7-11)20(27-17(10)21)23-18(25)13-4-2-3-5-14(13)19(23)26/h2-9H,1H3.